The van der Waals surface area contributed by atoms with Crippen LogP contribution in [0, 0.1) is 5.82 Å². The summed E-state index contributed by atoms with van der Waals surface area (Å²) < 4.78 is 21.6. The van der Waals surface area contributed by atoms with Crippen LogP contribution in [-0.4, -0.2) is 21.5 Å². The first-order chi connectivity index (χ1) is 15.0. The highest BCUT2D eigenvalue weighted by atomic mass is 19.1. The molecule has 0 radical (unpaired) electrons. The lowest BCUT2D eigenvalue weighted by Gasteiger charge is -2.11. The molecule has 31 heavy (non-hydrogen) atoms. The predicted molar refractivity (Wildman–Crippen MR) is 119 cm³/mol. The van der Waals surface area contributed by atoms with E-state index < -0.39 is 0 Å². The van der Waals surface area contributed by atoms with Crippen LogP contribution in [-0.2, 0) is 13.2 Å². The number of nitrogens with zero attached hydrogens (tertiary/aromatic N) is 2. The quantitative estimate of drug-likeness (QED) is 0.463. The number of carbonyl (C=O) groups is 1. The minimum Gasteiger partial charge on any atom is -0.486 e. The van der Waals surface area contributed by atoms with Gasteiger partial charge in [0.2, 0.25) is 0 Å². The van der Waals surface area contributed by atoms with Gasteiger partial charge in [-0.3, -0.25) is 4.79 Å². The lowest BCUT2D eigenvalue weighted by molar-refractivity contribution is 0.0943. The molecule has 1 heterocycles. The van der Waals surface area contributed by atoms with Crippen LogP contribution in [0.5, 0.6) is 5.75 Å². The molecule has 158 valence electrons. The SMILES string of the molecule is CC(C)NC(=O)c1ccc2c(c1)nc(COc1ccccc1)n2Cc1cccc(F)c1. The fourth-order valence-electron chi connectivity index (χ4n) is 3.44. The van der Waals surface area contributed by atoms with Gasteiger partial charge in [0, 0.05) is 18.2 Å². The lowest BCUT2D eigenvalue weighted by Crippen LogP contribution is -2.29. The molecule has 0 aliphatic heterocycles. The van der Waals surface area contributed by atoms with Crippen molar-refractivity contribution in [2.24, 2.45) is 0 Å². The van der Waals surface area contributed by atoms with Crippen LogP contribution in [0.3, 0.4) is 0 Å². The highest BCUT2D eigenvalue weighted by molar-refractivity contribution is 5.97. The summed E-state index contributed by atoms with van der Waals surface area (Å²) in [6.45, 7) is 4.53. The van der Waals surface area contributed by atoms with Crippen molar-refractivity contribution in [3.8, 4) is 5.75 Å². The number of hydrogen-bond donors (Lipinski definition) is 1. The monoisotopic (exact) mass is 417 g/mol. The lowest BCUT2D eigenvalue weighted by atomic mass is 10.1. The first-order valence-electron chi connectivity index (χ1n) is 10.2. The predicted octanol–water partition coefficient (Wildman–Crippen LogP) is 4.94. The van der Waals surface area contributed by atoms with Gasteiger partial charge in [-0.15, -0.1) is 0 Å². The second-order valence-corrected chi connectivity index (χ2v) is 7.68. The minimum atomic E-state index is -0.281. The summed E-state index contributed by atoms with van der Waals surface area (Å²) in [6.07, 6.45) is 0. The number of hydrogen-bond acceptors (Lipinski definition) is 3. The van der Waals surface area contributed by atoms with E-state index >= 15 is 0 Å². The number of rotatable bonds is 7. The molecule has 3 aromatic carbocycles. The van der Waals surface area contributed by atoms with E-state index in [2.05, 4.69) is 5.32 Å². The topological polar surface area (TPSA) is 56.1 Å². The second kappa shape index (κ2) is 9.00. The first-order valence-corrected chi connectivity index (χ1v) is 10.2. The van der Waals surface area contributed by atoms with Crippen molar-refractivity contribution in [2.75, 3.05) is 0 Å². The zero-order chi connectivity index (χ0) is 21.8. The van der Waals surface area contributed by atoms with Gasteiger partial charge in [0.05, 0.1) is 11.0 Å². The van der Waals surface area contributed by atoms with Gasteiger partial charge in [0.15, 0.2) is 0 Å². The smallest absolute Gasteiger partial charge is 0.251 e. The third-order valence-corrected chi connectivity index (χ3v) is 4.85. The second-order valence-electron chi connectivity index (χ2n) is 7.68. The Bertz CT molecular complexity index is 1200. The maximum atomic E-state index is 13.7. The van der Waals surface area contributed by atoms with E-state index in [4.69, 9.17) is 9.72 Å². The van der Waals surface area contributed by atoms with Crippen molar-refractivity contribution in [3.63, 3.8) is 0 Å². The Hall–Kier alpha value is -3.67. The summed E-state index contributed by atoms with van der Waals surface area (Å²) in [6, 6.07) is 21.5. The molecule has 0 aliphatic rings. The van der Waals surface area contributed by atoms with E-state index in [-0.39, 0.29) is 24.4 Å². The Labute approximate surface area is 180 Å². The fourth-order valence-corrected chi connectivity index (χ4v) is 3.44. The Kier molecular flexibility index (Phi) is 5.98. The van der Waals surface area contributed by atoms with Gasteiger partial charge in [0.1, 0.15) is 24.0 Å². The zero-order valence-electron chi connectivity index (χ0n) is 17.5. The average molecular weight is 417 g/mol. The van der Waals surface area contributed by atoms with Crippen LogP contribution < -0.4 is 10.1 Å². The number of aromatic nitrogens is 2. The molecule has 1 aromatic heterocycles. The largest absolute Gasteiger partial charge is 0.486 e. The molecular weight excluding hydrogens is 393 g/mol. The molecule has 4 aromatic rings. The van der Waals surface area contributed by atoms with E-state index in [0.29, 0.717) is 23.4 Å². The zero-order valence-corrected chi connectivity index (χ0v) is 17.5. The van der Waals surface area contributed by atoms with Gasteiger partial charge in [0.25, 0.3) is 5.91 Å². The summed E-state index contributed by atoms with van der Waals surface area (Å²) in [5.41, 5.74) is 2.92. The van der Waals surface area contributed by atoms with E-state index in [1.54, 1.807) is 18.2 Å². The van der Waals surface area contributed by atoms with Gasteiger partial charge >= 0.3 is 0 Å². The maximum Gasteiger partial charge on any atom is 0.251 e. The van der Waals surface area contributed by atoms with Crippen molar-refractivity contribution in [1.29, 1.82) is 0 Å². The van der Waals surface area contributed by atoms with Gasteiger partial charge in [-0.1, -0.05) is 30.3 Å². The van der Waals surface area contributed by atoms with E-state index in [9.17, 15) is 9.18 Å². The van der Waals surface area contributed by atoms with Crippen LogP contribution in [0.4, 0.5) is 4.39 Å². The summed E-state index contributed by atoms with van der Waals surface area (Å²) in [5.74, 6) is 1.02. The highest BCUT2D eigenvalue weighted by Crippen LogP contribution is 2.22. The van der Waals surface area contributed by atoms with Crippen molar-refractivity contribution in [1.82, 2.24) is 14.9 Å². The molecular formula is C25H24FN3O2. The number of nitrogens with one attached hydrogen (secondary N) is 1. The average Bonchev–Trinajstić information content (AvgIpc) is 3.09. The third kappa shape index (κ3) is 4.91. The van der Waals surface area contributed by atoms with Crippen LogP contribution in [0.15, 0.2) is 72.8 Å². The number of fused-ring (bicyclic) bond motifs is 1. The maximum absolute atomic E-state index is 13.7. The molecule has 0 spiro atoms. The van der Waals surface area contributed by atoms with Crippen LogP contribution in [0.2, 0.25) is 0 Å². The van der Waals surface area contributed by atoms with Crippen LogP contribution in [0.1, 0.15) is 35.6 Å². The Balaban J connectivity index is 1.70. The summed E-state index contributed by atoms with van der Waals surface area (Å²) in [7, 11) is 0. The van der Waals surface area contributed by atoms with Gasteiger partial charge in [-0.25, -0.2) is 9.37 Å². The summed E-state index contributed by atoms with van der Waals surface area (Å²) in [4.78, 5) is 17.2. The van der Waals surface area contributed by atoms with E-state index in [1.807, 2.05) is 60.9 Å². The fraction of sp³-hybridized carbons (Fsp3) is 0.200. The van der Waals surface area contributed by atoms with Gasteiger partial charge < -0.3 is 14.6 Å². The molecule has 0 saturated heterocycles. The molecule has 5 nitrogen and oxygen atoms in total. The van der Waals surface area contributed by atoms with Crippen molar-refractivity contribution >= 4 is 16.9 Å². The molecule has 0 bridgehead atoms. The number of halogens is 1. The molecule has 1 amide bonds. The summed E-state index contributed by atoms with van der Waals surface area (Å²) in [5, 5.41) is 2.90. The van der Waals surface area contributed by atoms with E-state index in [0.717, 1.165) is 16.8 Å². The molecule has 0 unspecified atom stereocenters. The molecule has 6 heteroatoms. The Morgan fingerprint density at radius 1 is 1.06 bits per heavy atom. The van der Waals surface area contributed by atoms with Gasteiger partial charge in [-0.05, 0) is 61.9 Å². The number of imidazole rings is 1. The molecule has 0 fully saturated rings. The highest BCUT2D eigenvalue weighted by Gasteiger charge is 2.15. The minimum absolute atomic E-state index is 0.0450. The molecule has 0 aliphatic carbocycles. The standard InChI is InChI=1S/C25H24FN3O2/c1-17(2)27-25(30)19-11-12-23-22(14-19)28-24(16-31-21-9-4-3-5-10-21)29(23)15-18-7-6-8-20(26)13-18/h3-14,17H,15-16H2,1-2H3,(H,27,30). The van der Waals surface area contributed by atoms with Gasteiger partial charge in [-0.2, -0.15) is 0 Å². The third-order valence-electron chi connectivity index (χ3n) is 4.85. The molecule has 1 N–H and O–H groups in total. The number of carbonyl (C=O) groups excluding carboxylic acids is 1. The Morgan fingerprint density at radius 3 is 2.61 bits per heavy atom. The normalized spacial score (nSPS) is 11.1. The Morgan fingerprint density at radius 2 is 1.87 bits per heavy atom. The number of amides is 1. The first kappa shape index (κ1) is 20.6. The molecule has 4 rings (SSSR count). The van der Waals surface area contributed by atoms with Crippen molar-refractivity contribution < 1.29 is 13.9 Å². The number of benzene rings is 3. The van der Waals surface area contributed by atoms with Crippen molar-refractivity contribution in [3.05, 3.63) is 95.6 Å². The van der Waals surface area contributed by atoms with Crippen LogP contribution >= 0.6 is 0 Å². The molecule has 0 saturated carbocycles. The van der Waals surface area contributed by atoms with Crippen LogP contribution in [0.25, 0.3) is 11.0 Å². The number of ether oxygens (including phenoxy) is 1. The number of para-hydroxylation sites is 1. The van der Waals surface area contributed by atoms with E-state index in [1.165, 1.54) is 12.1 Å². The van der Waals surface area contributed by atoms with Crippen molar-refractivity contribution in [2.45, 2.75) is 33.0 Å². The molecule has 0 atom stereocenters. The summed E-state index contributed by atoms with van der Waals surface area (Å²) >= 11 is 0.